The van der Waals surface area contributed by atoms with E-state index in [-0.39, 0.29) is 54.0 Å². The van der Waals surface area contributed by atoms with Gasteiger partial charge < -0.3 is 25.6 Å². The highest BCUT2D eigenvalue weighted by Gasteiger charge is 2.39. The number of halogens is 2. The Morgan fingerprint density at radius 3 is 2.59 bits per heavy atom. The third kappa shape index (κ3) is 4.55. The molecule has 11 heteroatoms. The first-order chi connectivity index (χ1) is 18.8. The molecule has 1 saturated carbocycles. The minimum Gasteiger partial charge on any atom is -0.380 e. The maximum Gasteiger partial charge on any atom is 0.229 e. The lowest BCUT2D eigenvalue weighted by atomic mass is 9.74. The summed E-state index contributed by atoms with van der Waals surface area (Å²) in [6.07, 6.45) is 6.79. The van der Waals surface area contributed by atoms with Crippen LogP contribution in [0.1, 0.15) is 36.8 Å². The molecule has 3 aromatic heterocycles. The number of anilines is 2. The molecule has 6 rings (SSSR count). The number of pyridine rings is 1. The summed E-state index contributed by atoms with van der Waals surface area (Å²) in [5.41, 5.74) is 7.45. The summed E-state index contributed by atoms with van der Waals surface area (Å²) in [5.74, 6) is -0.784. The third-order valence-corrected chi connectivity index (χ3v) is 7.91. The van der Waals surface area contributed by atoms with Gasteiger partial charge in [0, 0.05) is 19.3 Å². The molecule has 1 aliphatic carbocycles. The summed E-state index contributed by atoms with van der Waals surface area (Å²) in [5, 5.41) is 18.3. The molecule has 0 bridgehead atoms. The summed E-state index contributed by atoms with van der Waals surface area (Å²) in [6.45, 7) is 2.14. The zero-order valence-electron chi connectivity index (χ0n) is 21.6. The monoisotopic (exact) mass is 536 g/mol. The number of imidazole rings is 1. The second-order valence-electron chi connectivity index (χ2n) is 10.6. The van der Waals surface area contributed by atoms with Crippen molar-refractivity contribution in [2.24, 2.45) is 11.7 Å². The number of nitrogens with two attached hydrogens (primary N) is 1. The summed E-state index contributed by atoms with van der Waals surface area (Å²) in [7, 11) is 1.70. The lowest BCUT2D eigenvalue weighted by Gasteiger charge is -2.38. The van der Waals surface area contributed by atoms with Crippen molar-refractivity contribution in [2.45, 2.75) is 43.4 Å². The predicted molar refractivity (Wildman–Crippen MR) is 140 cm³/mol. The van der Waals surface area contributed by atoms with Gasteiger partial charge in [0.05, 0.1) is 54.2 Å². The van der Waals surface area contributed by atoms with Gasteiger partial charge in [0.1, 0.15) is 17.2 Å². The molecule has 1 saturated heterocycles. The van der Waals surface area contributed by atoms with E-state index in [1.165, 1.54) is 10.6 Å². The largest absolute Gasteiger partial charge is 0.380 e. The van der Waals surface area contributed by atoms with Gasteiger partial charge in [-0.15, -0.1) is 0 Å². The highest BCUT2D eigenvalue weighted by molar-refractivity contribution is 5.66. The van der Waals surface area contributed by atoms with Gasteiger partial charge in [0.2, 0.25) is 5.95 Å². The van der Waals surface area contributed by atoms with Gasteiger partial charge in [-0.05, 0) is 66.1 Å². The molecule has 0 amide bonds. The fourth-order valence-electron chi connectivity index (χ4n) is 5.86. The fraction of sp³-hybridized carbons (Fsp3) is 0.393. The molecule has 204 valence electrons. The minimum atomic E-state index is -1.38. The van der Waals surface area contributed by atoms with Crippen molar-refractivity contribution >= 4 is 17.2 Å². The van der Waals surface area contributed by atoms with Crippen LogP contribution in [0.3, 0.4) is 0 Å². The topological polar surface area (TPSA) is 120 Å². The molecule has 0 unspecified atom stereocenters. The van der Waals surface area contributed by atoms with Crippen molar-refractivity contribution in [1.29, 1.82) is 0 Å². The van der Waals surface area contributed by atoms with E-state index in [1.807, 2.05) is 6.07 Å². The quantitative estimate of drug-likeness (QED) is 0.340. The Labute approximate surface area is 224 Å². The standard InChI is InChI=1S/C28H30F2N6O3/c1-15-7-16(8-22(31)26(15)38-2)19-5-6-32-12-24(19)34-27-33-11-18-3-4-23(35-36(18)27)25-20(29)9-17(10-21(25)30)28(37)13-39-14-28/h3-6,9-12,15-16,22,26,37H,7-8,13-14,31H2,1-2H3,(H,33,34)/t15-,16+,22+,26-/m0/s1. The summed E-state index contributed by atoms with van der Waals surface area (Å²) in [6, 6.07) is 7.38. The normalized spacial score (nSPS) is 24.5. The van der Waals surface area contributed by atoms with E-state index < -0.39 is 17.2 Å². The number of benzene rings is 1. The second-order valence-corrected chi connectivity index (χ2v) is 10.6. The summed E-state index contributed by atoms with van der Waals surface area (Å²) in [4.78, 5) is 8.75. The summed E-state index contributed by atoms with van der Waals surface area (Å²) >= 11 is 0. The van der Waals surface area contributed by atoms with E-state index in [2.05, 4.69) is 27.3 Å². The first-order valence-corrected chi connectivity index (χ1v) is 12.9. The van der Waals surface area contributed by atoms with E-state index in [0.717, 1.165) is 36.2 Å². The molecular weight excluding hydrogens is 506 g/mol. The van der Waals surface area contributed by atoms with Gasteiger partial charge in [0.15, 0.2) is 0 Å². The smallest absolute Gasteiger partial charge is 0.229 e. The molecule has 4 N–H and O–H groups in total. The summed E-state index contributed by atoms with van der Waals surface area (Å²) < 4.78 is 42.4. The van der Waals surface area contributed by atoms with Gasteiger partial charge in [-0.1, -0.05) is 6.92 Å². The van der Waals surface area contributed by atoms with Crippen molar-refractivity contribution in [3.8, 4) is 11.3 Å². The van der Waals surface area contributed by atoms with Crippen molar-refractivity contribution in [3.05, 3.63) is 71.7 Å². The highest BCUT2D eigenvalue weighted by atomic mass is 19.1. The SMILES string of the molecule is CO[C@@H]1[C@H](N)C[C@H](c2ccncc2Nc2ncc3ccc(-c4c(F)cc(C5(O)COC5)cc4F)nn23)C[C@@H]1C. The number of rotatable bonds is 6. The van der Waals surface area contributed by atoms with Gasteiger partial charge in [0.25, 0.3) is 0 Å². The number of nitrogens with one attached hydrogen (secondary N) is 1. The number of nitrogens with zero attached hydrogens (tertiary/aromatic N) is 4. The average Bonchev–Trinajstić information content (AvgIpc) is 3.29. The maximum atomic E-state index is 15.1. The highest BCUT2D eigenvalue weighted by Crippen LogP contribution is 2.40. The molecule has 1 aromatic carbocycles. The Balaban J connectivity index is 1.32. The van der Waals surface area contributed by atoms with Crippen LogP contribution < -0.4 is 11.1 Å². The van der Waals surface area contributed by atoms with E-state index >= 15 is 8.78 Å². The average molecular weight is 537 g/mol. The van der Waals surface area contributed by atoms with Crippen LogP contribution >= 0.6 is 0 Å². The van der Waals surface area contributed by atoms with E-state index in [1.54, 1.807) is 31.8 Å². The van der Waals surface area contributed by atoms with Crippen LogP contribution in [0.25, 0.3) is 16.8 Å². The van der Waals surface area contributed by atoms with Crippen LogP contribution in [-0.4, -0.2) is 57.2 Å². The Morgan fingerprint density at radius 2 is 1.92 bits per heavy atom. The minimum absolute atomic E-state index is 0.00545. The number of aliphatic hydroxyl groups is 1. The van der Waals surface area contributed by atoms with Crippen molar-refractivity contribution in [3.63, 3.8) is 0 Å². The molecule has 9 nitrogen and oxygen atoms in total. The third-order valence-electron chi connectivity index (χ3n) is 7.91. The Morgan fingerprint density at radius 1 is 1.15 bits per heavy atom. The first-order valence-electron chi connectivity index (χ1n) is 12.9. The number of hydrogen-bond donors (Lipinski definition) is 3. The fourth-order valence-corrected chi connectivity index (χ4v) is 5.86. The van der Waals surface area contributed by atoms with Gasteiger partial charge in [-0.3, -0.25) is 4.98 Å². The molecule has 4 heterocycles. The number of ether oxygens (including phenoxy) is 2. The first kappa shape index (κ1) is 25.8. The van der Waals surface area contributed by atoms with Gasteiger partial charge in [-0.2, -0.15) is 9.61 Å². The van der Waals surface area contributed by atoms with E-state index in [9.17, 15) is 5.11 Å². The van der Waals surface area contributed by atoms with E-state index in [4.69, 9.17) is 15.2 Å². The van der Waals surface area contributed by atoms with Crippen molar-refractivity contribution < 1.29 is 23.4 Å². The maximum absolute atomic E-state index is 15.1. The Bertz CT molecular complexity index is 1490. The number of hydrogen-bond acceptors (Lipinski definition) is 8. The number of fused-ring (bicyclic) bond motifs is 1. The van der Waals surface area contributed by atoms with Crippen LogP contribution in [0.2, 0.25) is 0 Å². The van der Waals surface area contributed by atoms with Crippen molar-refractivity contribution in [1.82, 2.24) is 19.6 Å². The molecule has 2 fully saturated rings. The molecule has 1 aliphatic heterocycles. The number of methoxy groups -OCH3 is 1. The van der Waals surface area contributed by atoms with Crippen molar-refractivity contribution in [2.75, 3.05) is 25.6 Å². The molecule has 0 spiro atoms. The lowest BCUT2D eigenvalue weighted by Crippen LogP contribution is -2.46. The van der Waals surface area contributed by atoms with Gasteiger partial charge >= 0.3 is 0 Å². The van der Waals surface area contributed by atoms with Crippen LogP contribution in [0.5, 0.6) is 0 Å². The van der Waals surface area contributed by atoms with Crippen LogP contribution in [0, 0.1) is 17.6 Å². The molecule has 39 heavy (non-hydrogen) atoms. The molecule has 2 aliphatic rings. The molecular formula is C28H30F2N6O3. The van der Waals surface area contributed by atoms with Crippen LogP contribution in [0.15, 0.2) is 48.9 Å². The molecule has 4 atom stereocenters. The number of aromatic nitrogens is 4. The predicted octanol–water partition coefficient (Wildman–Crippen LogP) is 3.89. The van der Waals surface area contributed by atoms with E-state index in [0.29, 0.717) is 11.5 Å². The lowest BCUT2D eigenvalue weighted by molar-refractivity contribution is -0.184. The van der Waals surface area contributed by atoms with Crippen LogP contribution in [-0.2, 0) is 15.1 Å². The second kappa shape index (κ2) is 9.91. The van der Waals surface area contributed by atoms with Crippen LogP contribution in [0.4, 0.5) is 20.4 Å². The molecule has 0 radical (unpaired) electrons. The zero-order valence-corrected chi connectivity index (χ0v) is 21.6. The molecule has 4 aromatic rings. The zero-order chi connectivity index (χ0) is 27.3. The Kier molecular flexibility index (Phi) is 6.54. The van der Waals surface area contributed by atoms with Gasteiger partial charge in [-0.25, -0.2) is 13.8 Å². The Hall–Kier alpha value is -3.51.